The van der Waals surface area contributed by atoms with Crippen LogP contribution in [-0.4, -0.2) is 54.5 Å². The van der Waals surface area contributed by atoms with Crippen molar-refractivity contribution in [3.05, 3.63) is 12.3 Å². The maximum atomic E-state index is 11.9. The molecule has 1 N–H and O–H groups in total. The van der Waals surface area contributed by atoms with Gasteiger partial charge in [0.25, 0.3) is 0 Å². The average molecular weight is 279 g/mol. The zero-order chi connectivity index (χ0) is 15.0. The molecular formula is C14H25N5O. The van der Waals surface area contributed by atoms with Crippen molar-refractivity contribution in [2.45, 2.75) is 26.7 Å². The Hall–Kier alpha value is -1.85. The van der Waals surface area contributed by atoms with Crippen molar-refractivity contribution in [3.63, 3.8) is 0 Å². The van der Waals surface area contributed by atoms with E-state index in [0.29, 0.717) is 12.5 Å². The van der Waals surface area contributed by atoms with Crippen molar-refractivity contribution < 1.29 is 4.79 Å². The molecule has 0 unspecified atom stereocenters. The molecule has 6 heteroatoms. The Morgan fingerprint density at radius 1 is 1.30 bits per heavy atom. The molecule has 0 spiro atoms. The predicted molar refractivity (Wildman–Crippen MR) is 82.0 cm³/mol. The van der Waals surface area contributed by atoms with E-state index in [0.717, 1.165) is 31.7 Å². The minimum Gasteiger partial charge on any atom is -0.354 e. The highest BCUT2D eigenvalue weighted by Gasteiger charge is 2.14. The van der Waals surface area contributed by atoms with Crippen LogP contribution < -0.4 is 10.2 Å². The molecule has 1 aromatic heterocycles. The molecule has 0 radical (unpaired) electrons. The lowest BCUT2D eigenvalue weighted by Crippen LogP contribution is -2.37. The Morgan fingerprint density at radius 2 is 2.05 bits per heavy atom. The maximum Gasteiger partial charge on any atom is 0.241 e. The number of nitrogens with one attached hydrogen (secondary N) is 1. The van der Waals surface area contributed by atoms with Gasteiger partial charge in [0.05, 0.1) is 6.54 Å². The van der Waals surface area contributed by atoms with Gasteiger partial charge in [0.1, 0.15) is 5.82 Å². The summed E-state index contributed by atoms with van der Waals surface area (Å²) in [6.07, 6.45) is 3.71. The van der Waals surface area contributed by atoms with Gasteiger partial charge >= 0.3 is 0 Å². The fraction of sp³-hybridized carbons (Fsp3) is 0.643. The summed E-state index contributed by atoms with van der Waals surface area (Å²) in [6.45, 7) is 6.16. The molecule has 0 atom stereocenters. The van der Waals surface area contributed by atoms with Crippen LogP contribution in [-0.2, 0) is 4.79 Å². The van der Waals surface area contributed by atoms with Crippen molar-refractivity contribution in [3.8, 4) is 0 Å². The van der Waals surface area contributed by atoms with Gasteiger partial charge in [-0.15, -0.1) is 0 Å². The smallest absolute Gasteiger partial charge is 0.241 e. The minimum atomic E-state index is 0.0696. The van der Waals surface area contributed by atoms with Crippen LogP contribution in [0.2, 0.25) is 0 Å². The normalized spacial score (nSPS) is 10.2. The largest absolute Gasteiger partial charge is 0.354 e. The molecule has 20 heavy (non-hydrogen) atoms. The van der Waals surface area contributed by atoms with Gasteiger partial charge in [-0.1, -0.05) is 13.8 Å². The molecule has 1 amide bonds. The Labute approximate surface area is 121 Å². The number of anilines is 2. The summed E-state index contributed by atoms with van der Waals surface area (Å²) in [7, 11) is 3.53. The van der Waals surface area contributed by atoms with Gasteiger partial charge in [-0.3, -0.25) is 4.79 Å². The fourth-order valence-electron chi connectivity index (χ4n) is 1.70. The second kappa shape index (κ2) is 8.35. The molecule has 1 rings (SSSR count). The van der Waals surface area contributed by atoms with Crippen molar-refractivity contribution >= 4 is 17.7 Å². The second-order valence-electron chi connectivity index (χ2n) is 4.87. The first-order chi connectivity index (χ1) is 9.58. The van der Waals surface area contributed by atoms with E-state index in [9.17, 15) is 4.79 Å². The summed E-state index contributed by atoms with van der Waals surface area (Å²) in [5.41, 5.74) is 0. The first-order valence-electron chi connectivity index (χ1n) is 7.10. The standard InChI is InChI=1S/C14H25N5O/c1-5-8-15-14-16-9-7-12(17-14)19(10-6-2)11-13(20)18(3)4/h7,9H,5-6,8,10-11H2,1-4H3,(H,15,16,17). The second-order valence-corrected chi connectivity index (χ2v) is 4.87. The first-order valence-corrected chi connectivity index (χ1v) is 7.10. The quantitative estimate of drug-likeness (QED) is 0.783. The van der Waals surface area contributed by atoms with Gasteiger partial charge in [0, 0.05) is 33.4 Å². The first kappa shape index (κ1) is 16.2. The van der Waals surface area contributed by atoms with E-state index in [1.165, 1.54) is 0 Å². The molecule has 0 saturated carbocycles. The van der Waals surface area contributed by atoms with Gasteiger partial charge < -0.3 is 15.1 Å². The highest BCUT2D eigenvalue weighted by molar-refractivity contribution is 5.80. The molecule has 1 heterocycles. The number of nitrogens with zero attached hydrogens (tertiary/aromatic N) is 4. The van der Waals surface area contributed by atoms with Crippen molar-refractivity contribution in [1.82, 2.24) is 14.9 Å². The van der Waals surface area contributed by atoms with E-state index >= 15 is 0 Å². The van der Waals surface area contributed by atoms with Crippen LogP contribution in [0.5, 0.6) is 0 Å². The lowest BCUT2D eigenvalue weighted by atomic mass is 10.3. The fourth-order valence-corrected chi connectivity index (χ4v) is 1.70. The summed E-state index contributed by atoms with van der Waals surface area (Å²) in [5.74, 6) is 1.47. The van der Waals surface area contributed by atoms with E-state index in [2.05, 4.69) is 29.1 Å². The number of amides is 1. The summed E-state index contributed by atoms with van der Waals surface area (Å²) in [5, 5.41) is 3.16. The Kier molecular flexibility index (Phi) is 6.76. The highest BCUT2D eigenvalue weighted by atomic mass is 16.2. The lowest BCUT2D eigenvalue weighted by Gasteiger charge is -2.24. The van der Waals surface area contributed by atoms with Crippen LogP contribution >= 0.6 is 0 Å². The summed E-state index contributed by atoms with van der Waals surface area (Å²) >= 11 is 0. The molecule has 112 valence electrons. The molecule has 0 aliphatic carbocycles. The Bertz CT molecular complexity index is 422. The number of rotatable bonds is 8. The number of aromatic nitrogens is 2. The molecule has 0 aromatic carbocycles. The molecule has 1 aromatic rings. The number of carbonyl (C=O) groups excluding carboxylic acids is 1. The predicted octanol–water partition coefficient (Wildman–Crippen LogP) is 1.60. The van der Waals surface area contributed by atoms with E-state index in [4.69, 9.17) is 0 Å². The number of carbonyl (C=O) groups is 1. The summed E-state index contributed by atoms with van der Waals surface area (Å²) in [4.78, 5) is 24.1. The number of hydrogen-bond acceptors (Lipinski definition) is 5. The highest BCUT2D eigenvalue weighted by Crippen LogP contribution is 2.13. The Morgan fingerprint density at radius 3 is 2.65 bits per heavy atom. The third-order valence-corrected chi connectivity index (χ3v) is 2.82. The van der Waals surface area contributed by atoms with Gasteiger partial charge in [0.15, 0.2) is 0 Å². The minimum absolute atomic E-state index is 0.0696. The van der Waals surface area contributed by atoms with Crippen molar-refractivity contribution in [2.75, 3.05) is 43.9 Å². The SMILES string of the molecule is CCCNc1nccc(N(CCC)CC(=O)N(C)C)n1. The molecule has 0 aliphatic heterocycles. The zero-order valence-corrected chi connectivity index (χ0v) is 12.9. The van der Waals surface area contributed by atoms with Gasteiger partial charge in [-0.05, 0) is 18.9 Å². The zero-order valence-electron chi connectivity index (χ0n) is 12.9. The van der Waals surface area contributed by atoms with E-state index in [-0.39, 0.29) is 5.91 Å². The molecule has 0 fully saturated rings. The van der Waals surface area contributed by atoms with Crippen LogP contribution in [0, 0.1) is 0 Å². The molecule has 0 saturated heterocycles. The topological polar surface area (TPSA) is 61.4 Å². The third-order valence-electron chi connectivity index (χ3n) is 2.82. The summed E-state index contributed by atoms with van der Waals surface area (Å²) < 4.78 is 0. The molecular weight excluding hydrogens is 254 g/mol. The van der Waals surface area contributed by atoms with Crippen molar-refractivity contribution in [2.24, 2.45) is 0 Å². The van der Waals surface area contributed by atoms with Crippen LogP contribution in [0.3, 0.4) is 0 Å². The van der Waals surface area contributed by atoms with Crippen LogP contribution in [0.15, 0.2) is 12.3 Å². The molecule has 6 nitrogen and oxygen atoms in total. The third kappa shape index (κ3) is 5.03. The maximum absolute atomic E-state index is 11.9. The number of hydrogen-bond donors (Lipinski definition) is 1. The van der Waals surface area contributed by atoms with Gasteiger partial charge in [0.2, 0.25) is 11.9 Å². The Balaban J connectivity index is 2.82. The monoisotopic (exact) mass is 279 g/mol. The molecule has 0 aliphatic rings. The van der Waals surface area contributed by atoms with Crippen LogP contribution in [0.25, 0.3) is 0 Å². The lowest BCUT2D eigenvalue weighted by molar-refractivity contribution is -0.127. The van der Waals surface area contributed by atoms with Crippen LogP contribution in [0.4, 0.5) is 11.8 Å². The van der Waals surface area contributed by atoms with E-state index in [1.807, 2.05) is 11.0 Å². The van der Waals surface area contributed by atoms with E-state index < -0.39 is 0 Å². The summed E-state index contributed by atoms with van der Waals surface area (Å²) in [6, 6.07) is 1.84. The van der Waals surface area contributed by atoms with E-state index in [1.54, 1.807) is 25.2 Å². The number of likely N-dealkylation sites (N-methyl/N-ethyl adjacent to an activating group) is 1. The van der Waals surface area contributed by atoms with Crippen LogP contribution in [0.1, 0.15) is 26.7 Å². The van der Waals surface area contributed by atoms with Gasteiger partial charge in [-0.2, -0.15) is 4.98 Å². The average Bonchev–Trinajstić information content (AvgIpc) is 2.44. The molecule has 0 bridgehead atoms. The van der Waals surface area contributed by atoms with Gasteiger partial charge in [-0.25, -0.2) is 4.98 Å². The van der Waals surface area contributed by atoms with Crippen molar-refractivity contribution in [1.29, 1.82) is 0 Å².